The molecule has 3 heterocycles. The third kappa shape index (κ3) is 3.41. The summed E-state index contributed by atoms with van der Waals surface area (Å²) in [7, 11) is 0. The Labute approximate surface area is 127 Å². The van der Waals surface area contributed by atoms with Crippen LogP contribution in [0.1, 0.15) is 36.6 Å². The van der Waals surface area contributed by atoms with E-state index >= 15 is 0 Å². The highest BCUT2D eigenvalue weighted by Crippen LogP contribution is 2.25. The highest BCUT2D eigenvalue weighted by atomic mass is 16.2. The highest BCUT2D eigenvalue weighted by Gasteiger charge is 2.25. The van der Waals surface area contributed by atoms with Gasteiger partial charge in [-0.05, 0) is 25.0 Å². The number of carbonyl (C=O) groups excluding carboxylic acids is 1. The molecule has 7 heteroatoms. The van der Waals surface area contributed by atoms with E-state index in [0.717, 1.165) is 37.3 Å². The van der Waals surface area contributed by atoms with Crippen molar-refractivity contribution in [1.82, 2.24) is 25.3 Å². The van der Waals surface area contributed by atoms with Gasteiger partial charge in [-0.3, -0.25) is 14.7 Å². The lowest BCUT2D eigenvalue weighted by atomic mass is 9.94. The monoisotopic (exact) mass is 301 g/mol. The molecule has 1 aliphatic rings. The van der Waals surface area contributed by atoms with Crippen molar-refractivity contribution in [2.75, 3.05) is 13.1 Å². The summed E-state index contributed by atoms with van der Waals surface area (Å²) >= 11 is 0. The molecule has 2 aromatic rings. The number of hydrogen-bond donors (Lipinski definition) is 2. The topological polar surface area (TPSA) is 94.7 Å². The average Bonchev–Trinajstić information content (AvgIpc) is 3.09. The van der Waals surface area contributed by atoms with E-state index < -0.39 is 0 Å². The molecule has 0 bridgehead atoms. The van der Waals surface area contributed by atoms with Gasteiger partial charge in [-0.1, -0.05) is 0 Å². The maximum absolute atomic E-state index is 12.4. The summed E-state index contributed by atoms with van der Waals surface area (Å²) in [6.07, 6.45) is 4.79. The van der Waals surface area contributed by atoms with Gasteiger partial charge in [-0.25, -0.2) is 5.10 Å². The number of aryl methyl sites for hydroxylation is 1. The Morgan fingerprint density at radius 3 is 2.95 bits per heavy atom. The molecule has 1 amide bonds. The Morgan fingerprint density at radius 1 is 1.32 bits per heavy atom. The number of piperidine rings is 1. The molecule has 0 aromatic carbocycles. The molecule has 1 atom stereocenters. The van der Waals surface area contributed by atoms with Crippen LogP contribution in [-0.4, -0.2) is 44.3 Å². The predicted octanol–water partition coefficient (Wildman–Crippen LogP) is 0.832. The number of rotatable bonds is 4. The van der Waals surface area contributed by atoms with E-state index in [4.69, 9.17) is 0 Å². The van der Waals surface area contributed by atoms with Crippen molar-refractivity contribution in [3.05, 3.63) is 46.1 Å². The second kappa shape index (κ2) is 6.55. The third-order valence-electron chi connectivity index (χ3n) is 4.07. The van der Waals surface area contributed by atoms with E-state index in [9.17, 15) is 9.59 Å². The van der Waals surface area contributed by atoms with Crippen LogP contribution in [0.5, 0.6) is 0 Å². The van der Waals surface area contributed by atoms with Crippen molar-refractivity contribution in [3.8, 4) is 0 Å². The van der Waals surface area contributed by atoms with Gasteiger partial charge >= 0.3 is 0 Å². The van der Waals surface area contributed by atoms with Gasteiger partial charge in [-0.2, -0.15) is 10.2 Å². The van der Waals surface area contributed by atoms with E-state index in [-0.39, 0.29) is 11.5 Å². The van der Waals surface area contributed by atoms with Crippen molar-refractivity contribution >= 4 is 5.91 Å². The zero-order valence-electron chi connectivity index (χ0n) is 12.3. The molecule has 0 saturated carbocycles. The molecule has 1 fully saturated rings. The zero-order chi connectivity index (χ0) is 15.4. The Bertz CT molecular complexity index is 659. The van der Waals surface area contributed by atoms with E-state index in [1.54, 1.807) is 12.3 Å². The standard InChI is InChI=1S/C15H19N5O2/c21-14-5-3-12(17-19-14)4-6-15(22)20-9-1-2-11(10-20)13-7-8-16-18-13/h3,5,7-8,11H,1-2,4,6,9-10H2,(H,16,18)(H,19,21)/t11-/m1/s1. The summed E-state index contributed by atoms with van der Waals surface area (Å²) < 4.78 is 0. The predicted molar refractivity (Wildman–Crippen MR) is 80.3 cm³/mol. The Balaban J connectivity index is 1.55. The van der Waals surface area contributed by atoms with Gasteiger partial charge in [-0.15, -0.1) is 0 Å². The summed E-state index contributed by atoms with van der Waals surface area (Å²) in [5.74, 6) is 0.476. The van der Waals surface area contributed by atoms with Gasteiger partial charge < -0.3 is 4.90 Å². The molecule has 0 aliphatic carbocycles. The molecule has 22 heavy (non-hydrogen) atoms. The first kappa shape index (κ1) is 14.5. The van der Waals surface area contributed by atoms with Crippen molar-refractivity contribution in [1.29, 1.82) is 0 Å². The van der Waals surface area contributed by atoms with E-state index in [0.29, 0.717) is 18.8 Å². The lowest BCUT2D eigenvalue weighted by Gasteiger charge is -2.32. The molecule has 1 saturated heterocycles. The molecule has 0 unspecified atom stereocenters. The van der Waals surface area contributed by atoms with E-state index in [1.165, 1.54) is 6.07 Å². The van der Waals surface area contributed by atoms with Gasteiger partial charge in [0.1, 0.15) is 0 Å². The second-order valence-corrected chi connectivity index (χ2v) is 5.60. The molecule has 0 spiro atoms. The number of carbonyl (C=O) groups is 1. The molecule has 0 radical (unpaired) electrons. The number of H-pyrrole nitrogens is 2. The molecule has 2 aromatic heterocycles. The maximum atomic E-state index is 12.4. The van der Waals surface area contributed by atoms with Gasteiger partial charge in [0.05, 0.1) is 5.69 Å². The van der Waals surface area contributed by atoms with Gasteiger partial charge in [0.15, 0.2) is 0 Å². The zero-order valence-corrected chi connectivity index (χ0v) is 12.3. The fourth-order valence-corrected chi connectivity index (χ4v) is 2.86. The van der Waals surface area contributed by atoms with Crippen molar-refractivity contribution < 1.29 is 4.79 Å². The maximum Gasteiger partial charge on any atom is 0.264 e. The summed E-state index contributed by atoms with van der Waals surface area (Å²) in [6, 6.07) is 5.07. The highest BCUT2D eigenvalue weighted by molar-refractivity contribution is 5.76. The first-order valence-corrected chi connectivity index (χ1v) is 7.54. The van der Waals surface area contributed by atoms with Crippen LogP contribution in [0.2, 0.25) is 0 Å². The number of amides is 1. The SMILES string of the molecule is O=C(CCc1ccc(=O)[nH]n1)N1CCC[C@@H](c2ccn[nH]2)C1. The van der Waals surface area contributed by atoms with Crippen LogP contribution >= 0.6 is 0 Å². The smallest absolute Gasteiger partial charge is 0.264 e. The summed E-state index contributed by atoms with van der Waals surface area (Å²) in [5.41, 5.74) is 1.60. The number of aromatic amines is 2. The second-order valence-electron chi connectivity index (χ2n) is 5.60. The summed E-state index contributed by atoms with van der Waals surface area (Å²) in [6.45, 7) is 1.54. The Hall–Kier alpha value is -2.44. The van der Waals surface area contributed by atoms with Gasteiger partial charge in [0.25, 0.3) is 5.56 Å². The van der Waals surface area contributed by atoms with Crippen LogP contribution in [0.4, 0.5) is 0 Å². The van der Waals surface area contributed by atoms with Crippen molar-refractivity contribution in [3.63, 3.8) is 0 Å². The molecule has 7 nitrogen and oxygen atoms in total. The number of nitrogens with zero attached hydrogens (tertiary/aromatic N) is 3. The molecular formula is C15H19N5O2. The van der Waals surface area contributed by atoms with Crippen LogP contribution in [-0.2, 0) is 11.2 Å². The molecule has 3 rings (SSSR count). The lowest BCUT2D eigenvalue weighted by Crippen LogP contribution is -2.39. The largest absolute Gasteiger partial charge is 0.342 e. The quantitative estimate of drug-likeness (QED) is 0.874. The first-order chi connectivity index (χ1) is 10.7. The molecule has 116 valence electrons. The lowest BCUT2D eigenvalue weighted by molar-refractivity contribution is -0.132. The molecular weight excluding hydrogens is 282 g/mol. The van der Waals surface area contributed by atoms with Crippen molar-refractivity contribution in [2.45, 2.75) is 31.6 Å². The fraction of sp³-hybridized carbons (Fsp3) is 0.467. The molecule has 2 N–H and O–H groups in total. The van der Waals surface area contributed by atoms with Crippen LogP contribution < -0.4 is 5.56 Å². The van der Waals surface area contributed by atoms with Crippen LogP contribution in [0.15, 0.2) is 29.2 Å². The van der Waals surface area contributed by atoms with Gasteiger partial charge in [0.2, 0.25) is 5.91 Å². The average molecular weight is 301 g/mol. The molecule has 1 aliphatic heterocycles. The third-order valence-corrected chi connectivity index (χ3v) is 4.07. The van der Waals surface area contributed by atoms with Crippen LogP contribution in [0.3, 0.4) is 0 Å². The minimum Gasteiger partial charge on any atom is -0.342 e. The minimum absolute atomic E-state index is 0.136. The van der Waals surface area contributed by atoms with Gasteiger partial charge in [0, 0.05) is 49.8 Å². The Morgan fingerprint density at radius 2 is 2.23 bits per heavy atom. The van der Waals surface area contributed by atoms with Crippen LogP contribution in [0, 0.1) is 0 Å². The van der Waals surface area contributed by atoms with Crippen molar-refractivity contribution in [2.24, 2.45) is 0 Å². The Kier molecular flexibility index (Phi) is 4.32. The number of hydrogen-bond acceptors (Lipinski definition) is 4. The number of likely N-dealkylation sites (tertiary alicyclic amines) is 1. The van der Waals surface area contributed by atoms with Crippen LogP contribution in [0.25, 0.3) is 0 Å². The minimum atomic E-state index is -0.228. The first-order valence-electron chi connectivity index (χ1n) is 7.54. The number of nitrogens with one attached hydrogen (secondary N) is 2. The fourth-order valence-electron chi connectivity index (χ4n) is 2.86. The van der Waals surface area contributed by atoms with E-state index in [1.807, 2.05) is 11.0 Å². The summed E-state index contributed by atoms with van der Waals surface area (Å²) in [5, 5.41) is 13.3. The summed E-state index contributed by atoms with van der Waals surface area (Å²) in [4.78, 5) is 25.2. The number of aromatic nitrogens is 4. The van der Waals surface area contributed by atoms with E-state index in [2.05, 4.69) is 20.4 Å². The normalized spacial score (nSPS) is 18.4.